The molecular formula is C34H30ClF3N2O2. The lowest BCUT2D eigenvalue weighted by molar-refractivity contribution is 0.0170. The predicted octanol–water partition coefficient (Wildman–Crippen LogP) is 9.09. The van der Waals surface area contributed by atoms with Crippen molar-refractivity contribution in [2.24, 2.45) is 4.99 Å². The van der Waals surface area contributed by atoms with E-state index in [0.717, 1.165) is 23.1 Å². The normalized spacial score (nSPS) is 13.9. The highest BCUT2D eigenvalue weighted by Crippen LogP contribution is 2.36. The summed E-state index contributed by atoms with van der Waals surface area (Å²) < 4.78 is 50.1. The molecule has 0 radical (unpaired) electrons. The van der Waals surface area contributed by atoms with Gasteiger partial charge in [0, 0.05) is 36.4 Å². The molecule has 0 fully saturated rings. The molecule has 1 amide bonds. The summed E-state index contributed by atoms with van der Waals surface area (Å²) in [5.41, 5.74) is -1.20. The van der Waals surface area contributed by atoms with E-state index in [-0.39, 0.29) is 23.6 Å². The molecule has 4 nitrogen and oxygen atoms in total. The first-order valence-electron chi connectivity index (χ1n) is 13.3. The van der Waals surface area contributed by atoms with E-state index in [1.807, 2.05) is 60.7 Å². The number of carbonyl (C=O) groups is 1. The summed E-state index contributed by atoms with van der Waals surface area (Å²) in [6, 6.07) is 24.9. The number of ether oxygens (including phenoxy) is 1. The van der Waals surface area contributed by atoms with Crippen LogP contribution in [0.15, 0.2) is 120 Å². The monoisotopic (exact) mass is 590 g/mol. The number of fused-ring (bicyclic) bond motifs is 1. The number of aliphatic imine (C=N–C) groups is 1. The van der Waals surface area contributed by atoms with Crippen LogP contribution in [-0.4, -0.2) is 17.7 Å². The first-order valence-corrected chi connectivity index (χ1v) is 13.8. The number of rotatable bonds is 10. The first kappa shape index (κ1) is 30.6. The van der Waals surface area contributed by atoms with E-state index in [0.29, 0.717) is 18.1 Å². The highest BCUT2D eigenvalue weighted by Gasteiger charge is 2.41. The molecule has 0 spiro atoms. The number of carbonyl (C=O) groups excluding carboxylic acids is 1. The highest BCUT2D eigenvalue weighted by atomic mass is 35.5. The zero-order valence-electron chi connectivity index (χ0n) is 23.2. The van der Waals surface area contributed by atoms with Gasteiger partial charge in [-0.1, -0.05) is 78.9 Å². The fourth-order valence-corrected chi connectivity index (χ4v) is 4.79. The quantitative estimate of drug-likeness (QED) is 0.148. The third-order valence-corrected chi connectivity index (χ3v) is 6.82. The zero-order chi connectivity index (χ0) is 30.2. The topological polar surface area (TPSA) is 50.7 Å². The minimum atomic E-state index is -3.36. The number of hydrogen-bond donors (Lipinski definition) is 1. The summed E-state index contributed by atoms with van der Waals surface area (Å²) in [5, 5.41) is 4.46. The van der Waals surface area contributed by atoms with Gasteiger partial charge in [0.25, 0.3) is 5.92 Å². The molecule has 4 rings (SSSR count). The molecule has 8 heteroatoms. The lowest BCUT2D eigenvalue weighted by Gasteiger charge is -2.36. The van der Waals surface area contributed by atoms with Crippen LogP contribution in [0.5, 0.6) is 5.75 Å². The van der Waals surface area contributed by atoms with Crippen LogP contribution in [0.3, 0.4) is 0 Å². The van der Waals surface area contributed by atoms with E-state index in [1.165, 1.54) is 12.3 Å². The Labute approximate surface area is 248 Å². The molecule has 0 bridgehead atoms. The van der Waals surface area contributed by atoms with E-state index in [2.05, 4.69) is 10.3 Å². The summed E-state index contributed by atoms with van der Waals surface area (Å²) in [6.45, 7) is 2.44. The lowest BCUT2D eigenvalue weighted by Crippen LogP contribution is -2.54. The van der Waals surface area contributed by atoms with Gasteiger partial charge in [-0.25, -0.2) is 18.0 Å². The molecule has 0 unspecified atom stereocenters. The van der Waals surface area contributed by atoms with E-state index >= 15 is 4.39 Å². The second kappa shape index (κ2) is 13.5. The van der Waals surface area contributed by atoms with E-state index in [9.17, 15) is 13.6 Å². The smallest absolute Gasteiger partial charge is 0.410 e. The molecule has 42 heavy (non-hydrogen) atoms. The molecule has 0 saturated heterocycles. The van der Waals surface area contributed by atoms with Crippen molar-refractivity contribution in [3.8, 4) is 5.75 Å². The van der Waals surface area contributed by atoms with Gasteiger partial charge in [0.15, 0.2) is 0 Å². The average molecular weight is 591 g/mol. The maximum absolute atomic E-state index is 15.1. The Morgan fingerprint density at radius 1 is 0.976 bits per heavy atom. The van der Waals surface area contributed by atoms with Crippen LogP contribution in [0.4, 0.5) is 18.0 Å². The van der Waals surface area contributed by atoms with E-state index < -0.39 is 28.9 Å². The van der Waals surface area contributed by atoms with Crippen molar-refractivity contribution in [2.75, 3.05) is 5.88 Å². The number of alkyl halides is 3. The Morgan fingerprint density at radius 3 is 2.38 bits per heavy atom. The van der Waals surface area contributed by atoms with Crippen molar-refractivity contribution in [1.29, 1.82) is 0 Å². The van der Waals surface area contributed by atoms with Crippen molar-refractivity contribution >= 4 is 34.2 Å². The van der Waals surface area contributed by atoms with Crippen molar-refractivity contribution < 1.29 is 22.7 Å². The number of nitrogens with zero attached hydrogens (tertiary/aromatic N) is 1. The minimum absolute atomic E-state index is 0.0275. The van der Waals surface area contributed by atoms with Crippen LogP contribution in [0.25, 0.3) is 10.8 Å². The molecule has 216 valence electrons. The van der Waals surface area contributed by atoms with Gasteiger partial charge in [-0.2, -0.15) is 0 Å². The number of allylic oxidation sites excluding steroid dienone is 2. The highest BCUT2D eigenvalue weighted by molar-refractivity contribution is 6.19. The third kappa shape index (κ3) is 7.28. The van der Waals surface area contributed by atoms with Crippen LogP contribution in [0.2, 0.25) is 0 Å². The molecule has 1 N–H and O–H groups in total. The van der Waals surface area contributed by atoms with Gasteiger partial charge >= 0.3 is 6.09 Å². The third-order valence-electron chi connectivity index (χ3n) is 6.64. The maximum Gasteiger partial charge on any atom is 0.413 e. The lowest BCUT2D eigenvalue weighted by atomic mass is 9.78. The summed E-state index contributed by atoms with van der Waals surface area (Å²) >= 11 is 5.98. The second-order valence-corrected chi connectivity index (χ2v) is 10.0. The molecule has 4 aromatic carbocycles. The Hall–Kier alpha value is -4.36. The van der Waals surface area contributed by atoms with Crippen molar-refractivity contribution in [3.05, 3.63) is 138 Å². The molecule has 0 heterocycles. The average Bonchev–Trinajstić information content (AvgIpc) is 2.97. The first-order chi connectivity index (χ1) is 20.2. The largest absolute Gasteiger partial charge is 0.413 e. The van der Waals surface area contributed by atoms with Crippen molar-refractivity contribution in [1.82, 2.24) is 5.32 Å². The number of benzene rings is 4. The summed E-state index contributed by atoms with van der Waals surface area (Å²) in [5.74, 6) is -3.84. The molecular weight excluding hydrogens is 561 g/mol. The van der Waals surface area contributed by atoms with Crippen LogP contribution >= 0.6 is 11.6 Å². The SMILES string of the molecule is C/C=C/N=C(/C=C\CCl)[C@](Cc1ccccc1)(NC(=O)Oc1cccc2ccccc12)c1cc(F)cc(C(C)(F)F)c1. The minimum Gasteiger partial charge on any atom is -0.410 e. The van der Waals surface area contributed by atoms with Crippen LogP contribution in [-0.2, 0) is 17.9 Å². The Balaban J connectivity index is 1.95. The Kier molecular flexibility index (Phi) is 9.86. The fraction of sp³-hybridized carbons (Fsp3) is 0.176. The van der Waals surface area contributed by atoms with Crippen LogP contribution < -0.4 is 10.1 Å². The Morgan fingerprint density at radius 2 is 1.67 bits per heavy atom. The molecule has 0 aliphatic carbocycles. The summed E-state index contributed by atoms with van der Waals surface area (Å²) in [6.07, 6.45) is 5.51. The number of hydrogen-bond acceptors (Lipinski definition) is 3. The number of nitrogens with one attached hydrogen (secondary N) is 1. The molecule has 0 aromatic heterocycles. The molecule has 0 saturated carbocycles. The van der Waals surface area contributed by atoms with Crippen molar-refractivity contribution in [2.45, 2.75) is 31.7 Å². The molecule has 0 aliphatic rings. The van der Waals surface area contributed by atoms with Crippen molar-refractivity contribution in [3.63, 3.8) is 0 Å². The fourth-order valence-electron chi connectivity index (χ4n) is 4.70. The number of amides is 1. The zero-order valence-corrected chi connectivity index (χ0v) is 23.9. The van der Waals surface area contributed by atoms with Crippen LogP contribution in [0.1, 0.15) is 30.5 Å². The van der Waals surface area contributed by atoms with Gasteiger partial charge in [0.1, 0.15) is 17.1 Å². The second-order valence-electron chi connectivity index (χ2n) is 9.73. The van der Waals surface area contributed by atoms with Gasteiger partial charge < -0.3 is 10.1 Å². The standard InChI is InChI=1S/C34H30ClF3N2O2/c1-3-19-39-31(17-10-18-35)34(23-24-11-5-4-6-12-24,27-20-26(33(2,37)38)21-28(36)22-27)40-32(41)42-30-16-9-14-25-13-7-8-15-29(25)30/h3-17,19-22H,18,23H2,1-2H3,(H,40,41)/b17-10-,19-3+,39-31-/t34-/m1/s1. The molecule has 1 atom stereocenters. The molecule has 4 aromatic rings. The number of halogens is 4. The Bertz CT molecular complexity index is 1630. The maximum atomic E-state index is 15.1. The van der Waals surface area contributed by atoms with E-state index in [1.54, 1.807) is 37.3 Å². The van der Waals surface area contributed by atoms with Gasteiger partial charge in [0.2, 0.25) is 0 Å². The van der Waals surface area contributed by atoms with E-state index in [4.69, 9.17) is 16.3 Å². The predicted molar refractivity (Wildman–Crippen MR) is 163 cm³/mol. The van der Waals surface area contributed by atoms with Crippen LogP contribution in [0, 0.1) is 5.82 Å². The van der Waals surface area contributed by atoms with Gasteiger partial charge in [0.05, 0.1) is 5.71 Å². The van der Waals surface area contributed by atoms with Gasteiger partial charge in [-0.15, -0.1) is 11.6 Å². The summed E-state index contributed by atoms with van der Waals surface area (Å²) in [7, 11) is 0. The van der Waals surface area contributed by atoms with Gasteiger partial charge in [-0.05, 0) is 53.8 Å². The molecule has 0 aliphatic heterocycles. The van der Waals surface area contributed by atoms with Gasteiger partial charge in [-0.3, -0.25) is 4.99 Å². The summed E-state index contributed by atoms with van der Waals surface area (Å²) in [4.78, 5) is 18.3.